The Morgan fingerprint density at radius 1 is 1.19 bits per heavy atom. The largest absolute Gasteiger partial charge is 0.353 e. The Balaban J connectivity index is 1.98. The Kier molecular flexibility index (Phi) is 6.43. The van der Waals surface area contributed by atoms with Gasteiger partial charge in [-0.25, -0.2) is 13.1 Å². The van der Waals surface area contributed by atoms with Gasteiger partial charge in [0.1, 0.15) is 10.6 Å². The molecule has 146 valence electrons. The van der Waals surface area contributed by atoms with Gasteiger partial charge >= 0.3 is 0 Å². The van der Waals surface area contributed by atoms with Crippen molar-refractivity contribution < 1.29 is 18.0 Å². The third-order valence-electron chi connectivity index (χ3n) is 4.25. The van der Waals surface area contributed by atoms with Crippen molar-refractivity contribution in [1.29, 1.82) is 0 Å². The van der Waals surface area contributed by atoms with E-state index in [-0.39, 0.29) is 22.8 Å². The van der Waals surface area contributed by atoms with Crippen LogP contribution in [0.4, 0.5) is 0 Å². The minimum absolute atomic E-state index is 0.0240. The van der Waals surface area contributed by atoms with Crippen molar-refractivity contribution in [3.8, 4) is 0 Å². The summed E-state index contributed by atoms with van der Waals surface area (Å²) in [7, 11) is -0.612. The number of sulfonamides is 1. The molecule has 0 spiro atoms. The van der Waals surface area contributed by atoms with E-state index in [4.69, 9.17) is 0 Å². The summed E-state index contributed by atoms with van der Waals surface area (Å²) in [6, 6.07) is 1.49. The molecule has 1 aliphatic heterocycles. The van der Waals surface area contributed by atoms with Gasteiger partial charge in [-0.05, 0) is 27.0 Å². The lowest BCUT2D eigenvalue weighted by Crippen LogP contribution is -2.51. The number of piperazine rings is 1. The molecular weight excluding hydrogens is 358 g/mol. The number of hydrogen-bond donors (Lipinski definition) is 2. The molecule has 0 saturated carbocycles. The number of nitrogens with zero attached hydrogens (tertiary/aromatic N) is 3. The van der Waals surface area contributed by atoms with Gasteiger partial charge in [0.15, 0.2) is 0 Å². The van der Waals surface area contributed by atoms with E-state index in [1.807, 2.05) is 18.7 Å². The Morgan fingerprint density at radius 3 is 2.35 bits per heavy atom. The van der Waals surface area contributed by atoms with Gasteiger partial charge in [0.25, 0.3) is 5.91 Å². The van der Waals surface area contributed by atoms with E-state index in [9.17, 15) is 18.0 Å². The molecule has 1 aliphatic rings. The van der Waals surface area contributed by atoms with Crippen LogP contribution in [0.15, 0.2) is 17.2 Å². The number of carbonyl (C=O) groups is 2. The average molecular weight is 385 g/mol. The van der Waals surface area contributed by atoms with Crippen molar-refractivity contribution in [2.45, 2.75) is 24.8 Å². The number of amides is 2. The topological polar surface area (TPSA) is 104 Å². The van der Waals surface area contributed by atoms with Crippen LogP contribution in [-0.4, -0.2) is 80.4 Å². The Labute approximate surface area is 154 Å². The van der Waals surface area contributed by atoms with Crippen LogP contribution in [0, 0.1) is 0 Å². The standard InChI is InChI=1S/C16H27N5O4S/c1-12(2)18-15(22)11-20-5-7-21(8-6-20)16(23)14-9-13(10-19(14)4)26(24,25)17-3/h9-10,12,17H,5-8,11H2,1-4H3,(H,18,22). The summed E-state index contributed by atoms with van der Waals surface area (Å²) < 4.78 is 27.6. The number of nitrogens with one attached hydrogen (secondary N) is 2. The maximum absolute atomic E-state index is 12.7. The maximum Gasteiger partial charge on any atom is 0.270 e. The van der Waals surface area contributed by atoms with Gasteiger partial charge in [-0.1, -0.05) is 0 Å². The smallest absolute Gasteiger partial charge is 0.270 e. The molecule has 2 amide bonds. The first kappa shape index (κ1) is 20.4. The van der Waals surface area contributed by atoms with E-state index < -0.39 is 10.0 Å². The second kappa shape index (κ2) is 8.19. The third kappa shape index (κ3) is 4.83. The molecule has 2 rings (SSSR count). The zero-order valence-electron chi connectivity index (χ0n) is 15.7. The molecule has 0 aromatic carbocycles. The van der Waals surface area contributed by atoms with Gasteiger partial charge in [-0.15, -0.1) is 0 Å². The molecule has 0 aliphatic carbocycles. The van der Waals surface area contributed by atoms with E-state index in [1.165, 1.54) is 23.9 Å². The lowest BCUT2D eigenvalue weighted by atomic mass is 10.2. The molecule has 10 heteroatoms. The van der Waals surface area contributed by atoms with Crippen LogP contribution < -0.4 is 10.0 Å². The second-order valence-electron chi connectivity index (χ2n) is 6.67. The van der Waals surface area contributed by atoms with Crippen LogP contribution in [0.5, 0.6) is 0 Å². The molecule has 0 unspecified atom stereocenters. The number of carbonyl (C=O) groups excluding carboxylic acids is 2. The second-order valence-corrected chi connectivity index (χ2v) is 8.56. The van der Waals surface area contributed by atoms with Gasteiger partial charge < -0.3 is 14.8 Å². The summed E-state index contributed by atoms with van der Waals surface area (Å²) in [6.45, 7) is 6.33. The molecule has 26 heavy (non-hydrogen) atoms. The van der Waals surface area contributed by atoms with Gasteiger partial charge in [0, 0.05) is 45.5 Å². The zero-order chi connectivity index (χ0) is 19.5. The summed E-state index contributed by atoms with van der Waals surface area (Å²) in [5.74, 6) is -0.236. The summed E-state index contributed by atoms with van der Waals surface area (Å²) in [6.07, 6.45) is 1.42. The average Bonchev–Trinajstić information content (AvgIpc) is 2.96. The first-order valence-electron chi connectivity index (χ1n) is 8.55. The van der Waals surface area contributed by atoms with Gasteiger partial charge in [-0.2, -0.15) is 0 Å². The Hall–Kier alpha value is -1.91. The SMILES string of the molecule is CNS(=O)(=O)c1cc(C(=O)N2CCN(CC(=O)NC(C)C)CC2)n(C)c1. The van der Waals surface area contributed by atoms with E-state index in [2.05, 4.69) is 10.0 Å². The molecule has 1 fully saturated rings. The fourth-order valence-electron chi connectivity index (χ4n) is 2.85. The van der Waals surface area contributed by atoms with E-state index in [0.717, 1.165) is 0 Å². The van der Waals surface area contributed by atoms with Crippen molar-refractivity contribution in [1.82, 2.24) is 24.4 Å². The van der Waals surface area contributed by atoms with Crippen molar-refractivity contribution in [3.05, 3.63) is 18.0 Å². The summed E-state index contributed by atoms with van der Waals surface area (Å²) in [5.41, 5.74) is 0.324. The first-order chi connectivity index (χ1) is 12.1. The molecule has 9 nitrogen and oxygen atoms in total. The minimum atomic E-state index is -3.59. The molecule has 2 heterocycles. The van der Waals surface area contributed by atoms with Crippen molar-refractivity contribution in [2.75, 3.05) is 39.8 Å². The Morgan fingerprint density at radius 2 is 1.81 bits per heavy atom. The van der Waals surface area contributed by atoms with E-state index in [1.54, 1.807) is 11.9 Å². The predicted molar refractivity (Wildman–Crippen MR) is 97.3 cm³/mol. The molecule has 0 radical (unpaired) electrons. The number of aryl methyl sites for hydroxylation is 1. The first-order valence-corrected chi connectivity index (χ1v) is 10.0. The predicted octanol–water partition coefficient (Wildman–Crippen LogP) is -0.784. The van der Waals surface area contributed by atoms with Gasteiger partial charge in [0.2, 0.25) is 15.9 Å². The highest BCUT2D eigenvalue weighted by Crippen LogP contribution is 2.16. The van der Waals surface area contributed by atoms with Crippen molar-refractivity contribution >= 4 is 21.8 Å². The molecule has 1 saturated heterocycles. The number of rotatable bonds is 6. The maximum atomic E-state index is 12.7. The summed E-state index contributed by atoms with van der Waals surface area (Å²) >= 11 is 0. The molecule has 0 atom stereocenters. The van der Waals surface area contributed by atoms with Crippen molar-refractivity contribution in [3.63, 3.8) is 0 Å². The van der Waals surface area contributed by atoms with E-state index in [0.29, 0.717) is 38.4 Å². The van der Waals surface area contributed by atoms with Crippen LogP contribution in [0.3, 0.4) is 0 Å². The zero-order valence-corrected chi connectivity index (χ0v) is 16.5. The van der Waals surface area contributed by atoms with Crippen LogP contribution in [-0.2, 0) is 21.9 Å². The highest BCUT2D eigenvalue weighted by molar-refractivity contribution is 7.89. The fourth-order valence-corrected chi connectivity index (χ4v) is 3.65. The normalized spacial score (nSPS) is 16.1. The van der Waals surface area contributed by atoms with Crippen LogP contribution in [0.25, 0.3) is 0 Å². The molecule has 1 aromatic heterocycles. The lowest BCUT2D eigenvalue weighted by Gasteiger charge is -2.34. The van der Waals surface area contributed by atoms with E-state index >= 15 is 0 Å². The van der Waals surface area contributed by atoms with Crippen LogP contribution in [0.1, 0.15) is 24.3 Å². The fraction of sp³-hybridized carbons (Fsp3) is 0.625. The molecule has 0 bridgehead atoms. The van der Waals surface area contributed by atoms with Crippen LogP contribution >= 0.6 is 0 Å². The number of aromatic nitrogens is 1. The third-order valence-corrected chi connectivity index (χ3v) is 5.64. The van der Waals surface area contributed by atoms with Gasteiger partial charge in [-0.3, -0.25) is 14.5 Å². The number of hydrogen-bond acceptors (Lipinski definition) is 5. The lowest BCUT2D eigenvalue weighted by molar-refractivity contribution is -0.123. The molecular formula is C16H27N5O4S. The Bertz CT molecular complexity index is 764. The summed E-state index contributed by atoms with van der Waals surface area (Å²) in [4.78, 5) is 28.3. The monoisotopic (exact) mass is 385 g/mol. The molecule has 2 N–H and O–H groups in total. The summed E-state index contributed by atoms with van der Waals surface area (Å²) in [5, 5.41) is 2.85. The highest BCUT2D eigenvalue weighted by Gasteiger charge is 2.26. The molecule has 1 aromatic rings. The minimum Gasteiger partial charge on any atom is -0.353 e. The van der Waals surface area contributed by atoms with Crippen molar-refractivity contribution in [2.24, 2.45) is 7.05 Å². The van der Waals surface area contributed by atoms with Gasteiger partial charge in [0.05, 0.1) is 6.54 Å². The quantitative estimate of drug-likeness (QED) is 0.668. The highest BCUT2D eigenvalue weighted by atomic mass is 32.2. The van der Waals surface area contributed by atoms with Crippen LogP contribution in [0.2, 0.25) is 0 Å².